The van der Waals surface area contributed by atoms with Gasteiger partial charge in [-0.2, -0.15) is 0 Å². The number of fused-ring (bicyclic) bond motifs is 1. The molecule has 0 atom stereocenters. The molecule has 2 rings (SSSR count). The highest BCUT2D eigenvalue weighted by atomic mass is 16.5. The summed E-state index contributed by atoms with van der Waals surface area (Å²) in [5.41, 5.74) is 0.947. The Morgan fingerprint density at radius 2 is 2.12 bits per heavy atom. The average molecular weight is 232 g/mol. The Bertz CT molecular complexity index is 631. The molecule has 5 heteroatoms. The molecule has 2 N–H and O–H groups in total. The highest BCUT2D eigenvalue weighted by molar-refractivity contribution is 6.04. The molecule has 0 bridgehead atoms. The lowest BCUT2D eigenvalue weighted by Crippen LogP contribution is -2.11. The molecule has 0 radical (unpaired) electrons. The van der Waals surface area contributed by atoms with Crippen molar-refractivity contribution < 1.29 is 9.53 Å². The lowest BCUT2D eigenvalue weighted by molar-refractivity contribution is 0.0602. The molecule has 2 aromatic rings. The maximum Gasteiger partial charge on any atom is 0.339 e. The van der Waals surface area contributed by atoms with E-state index in [4.69, 9.17) is 0 Å². The topological polar surface area (TPSA) is 71.2 Å². The minimum absolute atomic E-state index is 0.227. The molecule has 0 saturated carbocycles. The number of esters is 1. The van der Waals surface area contributed by atoms with Crippen molar-refractivity contribution in [3.8, 4) is 0 Å². The van der Waals surface area contributed by atoms with Gasteiger partial charge in [-0.15, -0.1) is 0 Å². The van der Waals surface area contributed by atoms with E-state index in [1.54, 1.807) is 25.2 Å². The summed E-state index contributed by atoms with van der Waals surface area (Å²) in [5.74, 6) is -0.473. The predicted molar refractivity (Wildman–Crippen MR) is 65.5 cm³/mol. The van der Waals surface area contributed by atoms with Gasteiger partial charge >= 0.3 is 5.97 Å². The van der Waals surface area contributed by atoms with Crippen molar-refractivity contribution in [1.82, 2.24) is 4.98 Å². The molecule has 1 heterocycles. The zero-order valence-corrected chi connectivity index (χ0v) is 9.53. The first-order valence-electron chi connectivity index (χ1n) is 5.09. The molecule has 0 saturated heterocycles. The van der Waals surface area contributed by atoms with E-state index < -0.39 is 5.97 Å². The molecule has 0 spiro atoms. The number of anilines is 1. The number of carbonyl (C=O) groups excluding carboxylic acids is 1. The first-order valence-corrected chi connectivity index (χ1v) is 5.09. The van der Waals surface area contributed by atoms with E-state index in [1.807, 2.05) is 0 Å². The molecule has 17 heavy (non-hydrogen) atoms. The molecule has 1 aromatic carbocycles. The standard InChI is InChI=1S/C12H12N2O3/c1-13-7-3-4-8-9(5-7)10(12(16)17-2)6-14-11(8)15/h3-6,13H,1-2H3,(H,14,15). The van der Waals surface area contributed by atoms with Crippen LogP contribution in [-0.4, -0.2) is 25.1 Å². The molecular weight excluding hydrogens is 220 g/mol. The van der Waals surface area contributed by atoms with E-state index in [1.165, 1.54) is 13.3 Å². The Morgan fingerprint density at radius 1 is 1.35 bits per heavy atom. The van der Waals surface area contributed by atoms with Crippen molar-refractivity contribution in [2.45, 2.75) is 0 Å². The van der Waals surface area contributed by atoms with Crippen molar-refractivity contribution in [3.05, 3.63) is 40.3 Å². The van der Waals surface area contributed by atoms with Gasteiger partial charge in [0.15, 0.2) is 0 Å². The summed E-state index contributed by atoms with van der Waals surface area (Å²) in [7, 11) is 3.08. The Morgan fingerprint density at radius 3 is 2.76 bits per heavy atom. The van der Waals surface area contributed by atoms with Crippen molar-refractivity contribution in [3.63, 3.8) is 0 Å². The van der Waals surface area contributed by atoms with E-state index in [-0.39, 0.29) is 5.56 Å². The summed E-state index contributed by atoms with van der Waals surface area (Å²) in [6.07, 6.45) is 1.37. The zero-order valence-electron chi connectivity index (χ0n) is 9.53. The third-order valence-electron chi connectivity index (χ3n) is 2.60. The number of hydrogen-bond acceptors (Lipinski definition) is 4. The van der Waals surface area contributed by atoms with Crippen LogP contribution in [0.3, 0.4) is 0 Å². The summed E-state index contributed by atoms with van der Waals surface area (Å²) in [5, 5.41) is 4.00. The number of pyridine rings is 1. The van der Waals surface area contributed by atoms with E-state index >= 15 is 0 Å². The van der Waals surface area contributed by atoms with E-state index in [0.717, 1.165) is 5.69 Å². The number of ether oxygens (including phenoxy) is 1. The second-order valence-corrected chi connectivity index (χ2v) is 3.53. The quantitative estimate of drug-likeness (QED) is 0.767. The molecule has 0 aliphatic carbocycles. The molecule has 5 nitrogen and oxygen atoms in total. The first-order chi connectivity index (χ1) is 8.17. The SMILES string of the molecule is CNc1ccc2c(=O)[nH]cc(C(=O)OC)c2c1. The van der Waals surface area contributed by atoms with Crippen LogP contribution in [0.2, 0.25) is 0 Å². The lowest BCUT2D eigenvalue weighted by Gasteiger charge is -2.06. The zero-order chi connectivity index (χ0) is 12.4. The number of aromatic amines is 1. The Hall–Kier alpha value is -2.30. The van der Waals surface area contributed by atoms with Crippen LogP contribution in [0.15, 0.2) is 29.2 Å². The number of H-pyrrole nitrogens is 1. The van der Waals surface area contributed by atoms with Crippen LogP contribution >= 0.6 is 0 Å². The van der Waals surface area contributed by atoms with Crippen LogP contribution in [0.5, 0.6) is 0 Å². The monoisotopic (exact) mass is 232 g/mol. The first kappa shape index (κ1) is 11.2. The summed E-state index contributed by atoms with van der Waals surface area (Å²) in [4.78, 5) is 25.7. The fourth-order valence-electron chi connectivity index (χ4n) is 1.69. The van der Waals surface area contributed by atoms with Gasteiger partial charge in [-0.1, -0.05) is 0 Å². The van der Waals surface area contributed by atoms with Gasteiger partial charge in [0.05, 0.1) is 12.7 Å². The average Bonchev–Trinajstić information content (AvgIpc) is 2.38. The molecule has 0 fully saturated rings. The second kappa shape index (κ2) is 4.29. The van der Waals surface area contributed by atoms with Crippen LogP contribution in [0, 0.1) is 0 Å². The van der Waals surface area contributed by atoms with Crippen LogP contribution in [0.25, 0.3) is 10.8 Å². The van der Waals surface area contributed by atoms with Crippen LogP contribution < -0.4 is 10.9 Å². The highest BCUT2D eigenvalue weighted by Gasteiger charge is 2.12. The van der Waals surface area contributed by atoms with Gasteiger partial charge in [-0.3, -0.25) is 4.79 Å². The Labute approximate surface area is 97.4 Å². The third-order valence-corrected chi connectivity index (χ3v) is 2.60. The third kappa shape index (κ3) is 1.87. The Kier molecular flexibility index (Phi) is 2.82. The molecule has 88 valence electrons. The van der Waals surface area contributed by atoms with Crippen molar-refractivity contribution in [2.75, 3.05) is 19.5 Å². The lowest BCUT2D eigenvalue weighted by atomic mass is 10.1. The van der Waals surface area contributed by atoms with Gasteiger partial charge in [-0.05, 0) is 18.2 Å². The summed E-state index contributed by atoms with van der Waals surface area (Å²) >= 11 is 0. The van der Waals surface area contributed by atoms with Gasteiger partial charge in [-0.25, -0.2) is 4.79 Å². The summed E-state index contributed by atoms with van der Waals surface area (Å²) < 4.78 is 4.68. The largest absolute Gasteiger partial charge is 0.465 e. The van der Waals surface area contributed by atoms with Crippen LogP contribution in [-0.2, 0) is 4.74 Å². The maximum atomic E-state index is 11.6. The minimum Gasteiger partial charge on any atom is -0.465 e. The normalized spacial score (nSPS) is 10.2. The van der Waals surface area contributed by atoms with E-state index in [0.29, 0.717) is 16.3 Å². The van der Waals surface area contributed by atoms with Gasteiger partial charge < -0.3 is 15.0 Å². The van der Waals surface area contributed by atoms with E-state index in [9.17, 15) is 9.59 Å². The molecule has 1 aromatic heterocycles. The van der Waals surface area contributed by atoms with Crippen LogP contribution in [0.4, 0.5) is 5.69 Å². The minimum atomic E-state index is -0.473. The molecule has 0 aliphatic heterocycles. The summed E-state index contributed by atoms with van der Waals surface area (Å²) in [6, 6.07) is 5.20. The predicted octanol–water partition coefficient (Wildman–Crippen LogP) is 1.36. The maximum absolute atomic E-state index is 11.6. The molecule has 0 unspecified atom stereocenters. The number of rotatable bonds is 2. The molecular formula is C12H12N2O3. The van der Waals surface area contributed by atoms with Crippen molar-refractivity contribution in [2.24, 2.45) is 0 Å². The van der Waals surface area contributed by atoms with Gasteiger partial charge in [0, 0.05) is 29.7 Å². The van der Waals surface area contributed by atoms with Gasteiger partial charge in [0.1, 0.15) is 0 Å². The smallest absolute Gasteiger partial charge is 0.339 e. The molecule has 0 aliphatic rings. The number of hydrogen-bond donors (Lipinski definition) is 2. The van der Waals surface area contributed by atoms with Gasteiger partial charge in [0.25, 0.3) is 5.56 Å². The number of aromatic nitrogens is 1. The number of carbonyl (C=O) groups is 1. The van der Waals surface area contributed by atoms with Gasteiger partial charge in [0.2, 0.25) is 0 Å². The molecule has 0 amide bonds. The fraction of sp³-hybridized carbons (Fsp3) is 0.167. The second-order valence-electron chi connectivity index (χ2n) is 3.53. The Balaban J connectivity index is 2.81. The fourth-order valence-corrected chi connectivity index (χ4v) is 1.69. The van der Waals surface area contributed by atoms with Crippen molar-refractivity contribution in [1.29, 1.82) is 0 Å². The number of methoxy groups -OCH3 is 1. The van der Waals surface area contributed by atoms with E-state index in [2.05, 4.69) is 15.0 Å². The number of nitrogens with one attached hydrogen (secondary N) is 2. The number of benzene rings is 1. The highest BCUT2D eigenvalue weighted by Crippen LogP contribution is 2.20. The summed E-state index contributed by atoms with van der Waals surface area (Å²) in [6.45, 7) is 0. The van der Waals surface area contributed by atoms with Crippen molar-refractivity contribution >= 4 is 22.4 Å². The van der Waals surface area contributed by atoms with Crippen LogP contribution in [0.1, 0.15) is 10.4 Å².